The van der Waals surface area contributed by atoms with E-state index < -0.39 is 11.3 Å². The smallest absolute Gasteiger partial charge is 0.412 e. The van der Waals surface area contributed by atoms with Crippen LogP contribution in [0.3, 0.4) is 0 Å². The zero-order valence-corrected chi connectivity index (χ0v) is 17.5. The number of carbonyl (C=O) groups excluding carboxylic acids is 1. The van der Waals surface area contributed by atoms with Gasteiger partial charge in [0, 0.05) is 5.33 Å². The fraction of sp³-hybridized carbons (Fsp3) is 0.947. The Bertz CT molecular complexity index is 427. The highest BCUT2D eigenvalue weighted by molar-refractivity contribution is 9.09. The van der Waals surface area contributed by atoms with E-state index in [-0.39, 0.29) is 18.2 Å². The second-order valence-electron chi connectivity index (χ2n) is 8.74. The Morgan fingerprint density at radius 1 is 1.25 bits per heavy atom. The first-order valence-corrected chi connectivity index (χ1v) is 10.5. The monoisotopic (exact) mass is 403 g/mol. The van der Waals surface area contributed by atoms with E-state index in [1.54, 1.807) is 0 Å². The zero-order chi connectivity index (χ0) is 18.0. The van der Waals surface area contributed by atoms with Gasteiger partial charge in [-0.25, -0.2) is 4.79 Å². The normalized spacial score (nSPS) is 28.2. The third-order valence-corrected chi connectivity index (χ3v) is 5.52. The Hall–Kier alpha value is -0.290. The van der Waals surface area contributed by atoms with Crippen molar-refractivity contribution in [3.63, 3.8) is 0 Å². The molecule has 1 unspecified atom stereocenters. The number of ether oxygens (including phenoxy) is 2. The molecule has 0 spiro atoms. The predicted molar refractivity (Wildman–Crippen MR) is 100 cm³/mol. The highest BCUT2D eigenvalue weighted by atomic mass is 79.9. The molecule has 2 fully saturated rings. The molecule has 1 heterocycles. The fourth-order valence-electron chi connectivity index (χ4n) is 4.12. The van der Waals surface area contributed by atoms with Crippen LogP contribution in [0, 0.1) is 5.92 Å². The quantitative estimate of drug-likeness (QED) is 0.582. The van der Waals surface area contributed by atoms with Gasteiger partial charge in [0.25, 0.3) is 0 Å². The molecular weight excluding hydrogens is 370 g/mol. The molecule has 2 aliphatic rings. The summed E-state index contributed by atoms with van der Waals surface area (Å²) in [5.41, 5.74) is -1.11. The molecule has 0 aromatic heterocycles. The highest BCUT2D eigenvalue weighted by Crippen LogP contribution is 2.40. The largest absolute Gasteiger partial charge is 0.444 e. The molecule has 1 amide bonds. The Balaban J connectivity index is 2.18. The average molecular weight is 404 g/mol. The van der Waals surface area contributed by atoms with Crippen molar-refractivity contribution in [1.82, 2.24) is 4.90 Å². The number of hydrogen-bond acceptors (Lipinski definition) is 3. The molecule has 2 atom stereocenters. The summed E-state index contributed by atoms with van der Waals surface area (Å²) in [5.74, 6) is 0.698. The van der Waals surface area contributed by atoms with E-state index in [9.17, 15) is 4.79 Å². The van der Waals surface area contributed by atoms with Crippen molar-refractivity contribution >= 4 is 22.0 Å². The fourth-order valence-corrected chi connectivity index (χ4v) is 4.57. The van der Waals surface area contributed by atoms with Crippen molar-refractivity contribution in [3.8, 4) is 0 Å². The maximum absolute atomic E-state index is 12.9. The van der Waals surface area contributed by atoms with Crippen LogP contribution >= 0.6 is 15.9 Å². The van der Waals surface area contributed by atoms with Gasteiger partial charge < -0.3 is 9.47 Å². The van der Waals surface area contributed by atoms with Gasteiger partial charge in [-0.2, -0.15) is 0 Å². The minimum atomic E-state index is -0.617. The van der Waals surface area contributed by atoms with Crippen LogP contribution in [0.1, 0.15) is 79.6 Å². The molecule has 2 rings (SSSR count). The van der Waals surface area contributed by atoms with Crippen molar-refractivity contribution in [1.29, 1.82) is 0 Å². The van der Waals surface area contributed by atoms with Gasteiger partial charge in [-0.15, -0.1) is 0 Å². The van der Waals surface area contributed by atoms with E-state index in [1.807, 2.05) is 39.5 Å². The summed E-state index contributed by atoms with van der Waals surface area (Å²) in [5, 5.41) is 0.886. The maximum atomic E-state index is 12.9. The molecule has 0 aromatic rings. The van der Waals surface area contributed by atoms with Crippen molar-refractivity contribution in [2.45, 2.75) is 103 Å². The van der Waals surface area contributed by atoms with Gasteiger partial charge in [-0.3, -0.25) is 4.90 Å². The molecular formula is C19H34BrNO3. The van der Waals surface area contributed by atoms with Crippen LogP contribution in [0.25, 0.3) is 0 Å². The zero-order valence-electron chi connectivity index (χ0n) is 15.9. The molecule has 0 radical (unpaired) electrons. The second kappa shape index (κ2) is 7.94. The Morgan fingerprint density at radius 2 is 1.88 bits per heavy atom. The van der Waals surface area contributed by atoms with Crippen LogP contribution in [0.15, 0.2) is 0 Å². The molecule has 1 saturated heterocycles. The molecule has 1 aliphatic heterocycles. The minimum absolute atomic E-state index is 0.0776. The Labute approximate surface area is 155 Å². The summed E-state index contributed by atoms with van der Waals surface area (Å²) in [6, 6.07) is 0.107. The van der Waals surface area contributed by atoms with Crippen molar-refractivity contribution in [2.24, 2.45) is 5.92 Å². The number of rotatable bonds is 4. The van der Waals surface area contributed by atoms with E-state index >= 15 is 0 Å². The number of halogens is 1. The van der Waals surface area contributed by atoms with Gasteiger partial charge in [0.15, 0.2) is 0 Å². The van der Waals surface area contributed by atoms with Crippen molar-refractivity contribution < 1.29 is 14.3 Å². The SMILES string of the molecule is CC(C)(C)OC(=O)N1[C@@H](CC2CCCCC2)C(CCBr)OC1(C)C. The topological polar surface area (TPSA) is 38.8 Å². The molecule has 0 bridgehead atoms. The number of hydrogen-bond donors (Lipinski definition) is 0. The van der Waals surface area contributed by atoms with Crippen LogP contribution in [-0.4, -0.2) is 39.8 Å². The molecule has 140 valence electrons. The molecule has 4 nitrogen and oxygen atoms in total. The molecule has 24 heavy (non-hydrogen) atoms. The second-order valence-corrected chi connectivity index (χ2v) is 9.53. The van der Waals surface area contributed by atoms with Gasteiger partial charge in [-0.05, 0) is 53.4 Å². The standard InChI is InChI=1S/C19H34BrNO3/c1-18(2,3)24-17(22)21-15(13-14-9-7-6-8-10-14)16(11-12-20)23-19(21,4)5/h14-16H,6-13H2,1-5H3/t15-,16?/m0/s1. The highest BCUT2D eigenvalue weighted by Gasteiger charge is 2.51. The van der Waals surface area contributed by atoms with Crippen molar-refractivity contribution in [3.05, 3.63) is 0 Å². The lowest BCUT2D eigenvalue weighted by Gasteiger charge is -2.36. The van der Waals surface area contributed by atoms with E-state index in [4.69, 9.17) is 9.47 Å². The average Bonchev–Trinajstić information content (AvgIpc) is 2.69. The predicted octanol–water partition coefficient (Wildman–Crippen LogP) is 5.48. The third kappa shape index (κ3) is 5.10. The molecule has 1 aliphatic carbocycles. The summed E-state index contributed by atoms with van der Waals surface area (Å²) < 4.78 is 12.0. The summed E-state index contributed by atoms with van der Waals surface area (Å²) >= 11 is 3.54. The number of carbonyl (C=O) groups is 1. The van der Waals surface area contributed by atoms with Gasteiger partial charge >= 0.3 is 6.09 Å². The Kier molecular flexibility index (Phi) is 6.63. The van der Waals surface area contributed by atoms with E-state index in [0.29, 0.717) is 5.92 Å². The summed E-state index contributed by atoms with van der Waals surface area (Å²) in [4.78, 5) is 14.8. The maximum Gasteiger partial charge on any atom is 0.412 e. The van der Waals surface area contributed by atoms with Gasteiger partial charge in [-0.1, -0.05) is 48.0 Å². The first-order valence-electron chi connectivity index (χ1n) is 9.40. The van der Waals surface area contributed by atoms with Crippen LogP contribution in [0.5, 0.6) is 0 Å². The lowest BCUT2D eigenvalue weighted by Crippen LogP contribution is -2.50. The Morgan fingerprint density at radius 3 is 2.42 bits per heavy atom. The van der Waals surface area contributed by atoms with Crippen LogP contribution in [0.4, 0.5) is 4.79 Å². The van der Waals surface area contributed by atoms with E-state index in [1.165, 1.54) is 32.1 Å². The summed E-state index contributed by atoms with van der Waals surface area (Å²) in [6.07, 6.45) is 8.32. The lowest BCUT2D eigenvalue weighted by atomic mass is 9.83. The third-order valence-electron chi connectivity index (χ3n) is 5.06. The van der Waals surface area contributed by atoms with Crippen molar-refractivity contribution in [2.75, 3.05) is 5.33 Å². The lowest BCUT2D eigenvalue weighted by molar-refractivity contribution is -0.0790. The van der Waals surface area contributed by atoms with Crippen LogP contribution in [-0.2, 0) is 9.47 Å². The van der Waals surface area contributed by atoms with Gasteiger partial charge in [0.2, 0.25) is 0 Å². The molecule has 0 N–H and O–H groups in total. The van der Waals surface area contributed by atoms with E-state index in [2.05, 4.69) is 15.9 Å². The summed E-state index contributed by atoms with van der Waals surface area (Å²) in [7, 11) is 0. The van der Waals surface area contributed by atoms with Gasteiger partial charge in [0.1, 0.15) is 11.3 Å². The van der Waals surface area contributed by atoms with E-state index in [0.717, 1.165) is 18.2 Å². The molecule has 0 aromatic carbocycles. The molecule has 1 saturated carbocycles. The number of nitrogens with zero attached hydrogens (tertiary/aromatic N) is 1. The number of amides is 1. The first kappa shape index (κ1) is 20.0. The summed E-state index contributed by atoms with van der Waals surface area (Å²) in [6.45, 7) is 9.72. The first-order chi connectivity index (χ1) is 11.1. The van der Waals surface area contributed by atoms with Crippen LogP contribution in [0.2, 0.25) is 0 Å². The van der Waals surface area contributed by atoms with Gasteiger partial charge in [0.05, 0.1) is 12.1 Å². The number of alkyl halides is 1. The minimum Gasteiger partial charge on any atom is -0.444 e. The van der Waals surface area contributed by atoms with Crippen LogP contribution < -0.4 is 0 Å². The molecule has 5 heteroatoms.